The maximum absolute atomic E-state index is 12.6. The first-order valence-electron chi connectivity index (χ1n) is 7.66. The van der Waals surface area contributed by atoms with Gasteiger partial charge in [-0.3, -0.25) is 0 Å². The Morgan fingerprint density at radius 3 is 2.76 bits per heavy atom. The third-order valence-corrected chi connectivity index (χ3v) is 6.59. The SMILES string of the molecule is CNc1cccnc1S(=O)(=O)NC(C)C1CC2CCC1C2. The normalized spacial score (nSPS) is 29.5. The molecule has 4 atom stereocenters. The van der Waals surface area contributed by atoms with Crippen molar-refractivity contribution in [3.63, 3.8) is 0 Å². The van der Waals surface area contributed by atoms with Crippen LogP contribution in [0.1, 0.15) is 32.6 Å². The van der Waals surface area contributed by atoms with Crippen LogP contribution < -0.4 is 10.0 Å². The van der Waals surface area contributed by atoms with Crippen LogP contribution in [0.15, 0.2) is 23.4 Å². The van der Waals surface area contributed by atoms with E-state index in [0.717, 1.165) is 12.3 Å². The fraction of sp³-hybridized carbons (Fsp3) is 0.667. The zero-order valence-corrected chi connectivity index (χ0v) is 13.4. The number of fused-ring (bicyclic) bond motifs is 2. The Kier molecular flexibility index (Phi) is 3.92. The number of hydrogen-bond acceptors (Lipinski definition) is 4. The number of nitrogens with zero attached hydrogens (tertiary/aromatic N) is 1. The minimum atomic E-state index is -3.58. The first-order valence-corrected chi connectivity index (χ1v) is 9.14. The number of hydrogen-bond donors (Lipinski definition) is 2. The highest BCUT2D eigenvalue weighted by atomic mass is 32.2. The van der Waals surface area contributed by atoms with Crippen molar-refractivity contribution in [1.29, 1.82) is 0 Å². The molecule has 0 amide bonds. The van der Waals surface area contributed by atoms with Crippen LogP contribution in [0, 0.1) is 17.8 Å². The standard InChI is InChI=1S/C15H23N3O2S/c1-10(13-9-11-5-6-12(13)8-11)18-21(19,20)15-14(16-2)4-3-7-17-15/h3-4,7,10-13,16,18H,5-6,8-9H2,1-2H3. The van der Waals surface area contributed by atoms with Crippen LogP contribution in [0.5, 0.6) is 0 Å². The van der Waals surface area contributed by atoms with Gasteiger partial charge >= 0.3 is 0 Å². The Bertz CT molecular complexity index is 617. The van der Waals surface area contributed by atoms with E-state index in [1.165, 1.54) is 25.5 Å². The van der Waals surface area contributed by atoms with Crippen molar-refractivity contribution in [3.05, 3.63) is 18.3 Å². The minimum Gasteiger partial charge on any atom is -0.386 e. The summed E-state index contributed by atoms with van der Waals surface area (Å²) >= 11 is 0. The zero-order valence-electron chi connectivity index (χ0n) is 12.5. The Labute approximate surface area is 126 Å². The van der Waals surface area contributed by atoms with Gasteiger partial charge in [-0.15, -0.1) is 0 Å². The summed E-state index contributed by atoms with van der Waals surface area (Å²) < 4.78 is 28.0. The molecule has 0 spiro atoms. The van der Waals surface area contributed by atoms with Gasteiger partial charge in [-0.2, -0.15) is 0 Å². The number of sulfonamides is 1. The van der Waals surface area contributed by atoms with Crippen molar-refractivity contribution in [2.24, 2.45) is 17.8 Å². The van der Waals surface area contributed by atoms with Gasteiger partial charge in [0, 0.05) is 19.3 Å². The van der Waals surface area contributed by atoms with E-state index in [-0.39, 0.29) is 11.1 Å². The van der Waals surface area contributed by atoms with Gasteiger partial charge in [0.2, 0.25) is 0 Å². The quantitative estimate of drug-likeness (QED) is 0.875. The fourth-order valence-electron chi connectivity index (χ4n) is 4.09. The lowest BCUT2D eigenvalue weighted by atomic mass is 9.84. The second-order valence-electron chi connectivity index (χ2n) is 6.35. The highest BCUT2D eigenvalue weighted by Crippen LogP contribution is 2.49. The zero-order chi connectivity index (χ0) is 15.0. The van der Waals surface area contributed by atoms with E-state index in [9.17, 15) is 8.42 Å². The third-order valence-electron chi connectivity index (χ3n) is 5.07. The van der Waals surface area contributed by atoms with Crippen molar-refractivity contribution in [2.45, 2.75) is 43.7 Å². The summed E-state index contributed by atoms with van der Waals surface area (Å²) in [6.45, 7) is 1.99. The number of anilines is 1. The topological polar surface area (TPSA) is 71.1 Å². The Hall–Kier alpha value is -1.14. The van der Waals surface area contributed by atoms with Gasteiger partial charge in [0.15, 0.2) is 5.03 Å². The van der Waals surface area contributed by atoms with Crippen LogP contribution in [-0.2, 0) is 10.0 Å². The van der Waals surface area contributed by atoms with Crippen LogP contribution in [0.2, 0.25) is 0 Å². The molecule has 2 aliphatic carbocycles. The lowest BCUT2D eigenvalue weighted by molar-refractivity contribution is 0.280. The molecule has 116 valence electrons. The van der Waals surface area contributed by atoms with Gasteiger partial charge in [-0.25, -0.2) is 18.1 Å². The Balaban J connectivity index is 1.77. The molecule has 1 aromatic heterocycles. The average molecular weight is 309 g/mol. The summed E-state index contributed by atoms with van der Waals surface area (Å²) in [7, 11) is -1.88. The highest BCUT2D eigenvalue weighted by molar-refractivity contribution is 7.89. The molecule has 3 rings (SSSR count). The molecule has 1 aromatic rings. The first-order chi connectivity index (χ1) is 10.0. The Morgan fingerprint density at radius 1 is 1.33 bits per heavy atom. The maximum atomic E-state index is 12.6. The van der Waals surface area contributed by atoms with Crippen LogP contribution >= 0.6 is 0 Å². The minimum absolute atomic E-state index is 0.0305. The molecule has 21 heavy (non-hydrogen) atoms. The molecule has 1 heterocycles. The largest absolute Gasteiger partial charge is 0.386 e. The molecule has 2 saturated carbocycles. The maximum Gasteiger partial charge on any atom is 0.260 e. The molecule has 0 aromatic carbocycles. The van der Waals surface area contributed by atoms with E-state index >= 15 is 0 Å². The molecule has 2 N–H and O–H groups in total. The van der Waals surface area contributed by atoms with Crippen molar-refractivity contribution < 1.29 is 8.42 Å². The van der Waals surface area contributed by atoms with Gasteiger partial charge in [0.05, 0.1) is 5.69 Å². The van der Waals surface area contributed by atoms with Crippen molar-refractivity contribution in [2.75, 3.05) is 12.4 Å². The smallest absolute Gasteiger partial charge is 0.260 e. The van der Waals surface area contributed by atoms with Gasteiger partial charge in [0.25, 0.3) is 10.0 Å². The van der Waals surface area contributed by atoms with Crippen molar-refractivity contribution >= 4 is 15.7 Å². The summed E-state index contributed by atoms with van der Waals surface area (Å²) in [5.41, 5.74) is 0.533. The van der Waals surface area contributed by atoms with Gasteiger partial charge in [0.1, 0.15) is 0 Å². The highest BCUT2D eigenvalue weighted by Gasteiger charge is 2.42. The third kappa shape index (κ3) is 2.79. The first kappa shape index (κ1) is 14.8. The molecule has 2 bridgehead atoms. The average Bonchev–Trinajstić information content (AvgIpc) is 3.09. The number of aromatic nitrogens is 1. The predicted octanol–water partition coefficient (Wildman–Crippen LogP) is 2.23. The molecule has 6 heteroatoms. The molecule has 2 aliphatic rings. The van der Waals surface area contributed by atoms with E-state index in [0.29, 0.717) is 17.5 Å². The molecule has 0 radical (unpaired) electrons. The second kappa shape index (κ2) is 5.57. The fourth-order valence-corrected chi connectivity index (χ4v) is 5.52. The molecular weight excluding hydrogens is 286 g/mol. The van der Waals surface area contributed by atoms with Crippen molar-refractivity contribution in [1.82, 2.24) is 9.71 Å². The molecule has 4 unspecified atom stereocenters. The van der Waals surface area contributed by atoms with E-state index in [4.69, 9.17) is 0 Å². The molecule has 0 saturated heterocycles. The lowest BCUT2D eigenvalue weighted by Crippen LogP contribution is -2.40. The lowest BCUT2D eigenvalue weighted by Gasteiger charge is -2.28. The number of nitrogens with one attached hydrogen (secondary N) is 2. The monoisotopic (exact) mass is 309 g/mol. The van der Waals surface area contributed by atoms with Crippen LogP contribution in [0.4, 0.5) is 5.69 Å². The summed E-state index contributed by atoms with van der Waals surface area (Å²) in [5.74, 6) is 1.98. The van der Waals surface area contributed by atoms with Gasteiger partial charge in [-0.05, 0) is 56.1 Å². The summed E-state index contributed by atoms with van der Waals surface area (Å²) in [6.07, 6.45) is 6.53. The summed E-state index contributed by atoms with van der Waals surface area (Å²) in [5, 5.41) is 2.98. The van der Waals surface area contributed by atoms with Crippen LogP contribution in [-0.4, -0.2) is 26.5 Å². The molecule has 2 fully saturated rings. The van der Waals surface area contributed by atoms with E-state index in [2.05, 4.69) is 15.0 Å². The Morgan fingerprint density at radius 2 is 2.14 bits per heavy atom. The van der Waals surface area contributed by atoms with Crippen molar-refractivity contribution in [3.8, 4) is 0 Å². The van der Waals surface area contributed by atoms with E-state index in [1.807, 2.05) is 6.92 Å². The van der Waals surface area contributed by atoms with Gasteiger partial charge in [-0.1, -0.05) is 6.42 Å². The van der Waals surface area contributed by atoms with E-state index < -0.39 is 10.0 Å². The van der Waals surface area contributed by atoms with E-state index in [1.54, 1.807) is 19.2 Å². The summed E-state index contributed by atoms with van der Waals surface area (Å²) in [4.78, 5) is 4.04. The van der Waals surface area contributed by atoms with Gasteiger partial charge < -0.3 is 5.32 Å². The number of pyridine rings is 1. The number of rotatable bonds is 5. The van der Waals surface area contributed by atoms with Crippen LogP contribution in [0.3, 0.4) is 0 Å². The summed E-state index contributed by atoms with van der Waals surface area (Å²) in [6, 6.07) is 3.42. The predicted molar refractivity (Wildman–Crippen MR) is 82.5 cm³/mol. The molecule has 0 aliphatic heterocycles. The second-order valence-corrected chi connectivity index (χ2v) is 7.98. The van der Waals surface area contributed by atoms with Crippen LogP contribution in [0.25, 0.3) is 0 Å². The molecule has 5 nitrogen and oxygen atoms in total. The molecular formula is C15H23N3O2S.